The third-order valence-corrected chi connectivity index (χ3v) is 2.44. The first-order valence-electron chi connectivity index (χ1n) is 4.68. The van der Waals surface area contributed by atoms with Gasteiger partial charge in [0.1, 0.15) is 11.5 Å². The summed E-state index contributed by atoms with van der Waals surface area (Å²) >= 11 is 5.63. The maximum absolute atomic E-state index is 13.4. The van der Waals surface area contributed by atoms with Crippen LogP contribution in [0.2, 0.25) is 5.22 Å². The molecule has 6 heteroatoms. The second-order valence-corrected chi connectivity index (χ2v) is 3.61. The summed E-state index contributed by atoms with van der Waals surface area (Å²) < 4.78 is 18.2. The molecule has 0 radical (unpaired) electrons. The summed E-state index contributed by atoms with van der Waals surface area (Å²) in [6.07, 6.45) is 1.27. The van der Waals surface area contributed by atoms with E-state index in [0.717, 1.165) is 0 Å². The van der Waals surface area contributed by atoms with Gasteiger partial charge in [0.2, 0.25) is 5.22 Å². The third kappa shape index (κ3) is 2.24. The average molecular weight is 255 g/mol. The van der Waals surface area contributed by atoms with E-state index in [-0.39, 0.29) is 22.2 Å². The van der Waals surface area contributed by atoms with E-state index in [2.05, 4.69) is 5.32 Å². The number of furan rings is 1. The zero-order valence-electron chi connectivity index (χ0n) is 8.54. The van der Waals surface area contributed by atoms with Crippen LogP contribution in [-0.4, -0.2) is 5.91 Å². The predicted octanol–water partition coefficient (Wildman–Crippen LogP) is 2.91. The number of nitrogens with two attached hydrogens (primary N) is 1. The molecule has 1 aromatic carbocycles. The maximum atomic E-state index is 13.4. The van der Waals surface area contributed by atoms with Crippen molar-refractivity contribution in [2.75, 3.05) is 11.1 Å². The van der Waals surface area contributed by atoms with Gasteiger partial charge < -0.3 is 15.5 Å². The van der Waals surface area contributed by atoms with E-state index in [1.54, 1.807) is 0 Å². The molecule has 0 unspecified atom stereocenters. The lowest BCUT2D eigenvalue weighted by Crippen LogP contribution is -2.14. The van der Waals surface area contributed by atoms with Crippen molar-refractivity contribution < 1.29 is 13.6 Å². The predicted molar refractivity (Wildman–Crippen MR) is 62.5 cm³/mol. The topological polar surface area (TPSA) is 68.3 Å². The summed E-state index contributed by atoms with van der Waals surface area (Å²) in [5.74, 6) is -1.20. The van der Waals surface area contributed by atoms with Crippen LogP contribution < -0.4 is 11.1 Å². The van der Waals surface area contributed by atoms with E-state index in [0.29, 0.717) is 0 Å². The Morgan fingerprint density at radius 2 is 2.18 bits per heavy atom. The minimum atomic E-state index is -0.613. The fourth-order valence-corrected chi connectivity index (χ4v) is 1.51. The van der Waals surface area contributed by atoms with E-state index < -0.39 is 11.7 Å². The Bertz CT molecular complexity index is 548. The van der Waals surface area contributed by atoms with Crippen molar-refractivity contribution >= 4 is 28.9 Å². The number of nitrogen functional groups attached to an aromatic ring is 1. The minimum Gasteiger partial charge on any atom is -0.452 e. The van der Waals surface area contributed by atoms with Crippen LogP contribution in [0.3, 0.4) is 0 Å². The van der Waals surface area contributed by atoms with Gasteiger partial charge in [0.15, 0.2) is 0 Å². The van der Waals surface area contributed by atoms with Crippen LogP contribution in [-0.2, 0) is 0 Å². The number of anilines is 2. The van der Waals surface area contributed by atoms with E-state index in [4.69, 9.17) is 21.8 Å². The summed E-state index contributed by atoms with van der Waals surface area (Å²) in [4.78, 5) is 11.7. The molecule has 2 aromatic rings. The monoisotopic (exact) mass is 254 g/mol. The molecule has 1 heterocycles. The summed E-state index contributed by atoms with van der Waals surface area (Å²) in [7, 11) is 0. The Morgan fingerprint density at radius 1 is 1.41 bits per heavy atom. The van der Waals surface area contributed by atoms with E-state index in [1.165, 1.54) is 30.5 Å². The summed E-state index contributed by atoms with van der Waals surface area (Å²) in [5, 5.41) is 2.28. The van der Waals surface area contributed by atoms with Gasteiger partial charge in [-0.05, 0) is 29.8 Å². The number of amides is 1. The van der Waals surface area contributed by atoms with Gasteiger partial charge in [-0.25, -0.2) is 4.39 Å². The normalized spacial score (nSPS) is 10.2. The van der Waals surface area contributed by atoms with Crippen LogP contribution in [0, 0.1) is 5.82 Å². The van der Waals surface area contributed by atoms with Crippen LogP contribution in [0.5, 0.6) is 0 Å². The number of halogens is 2. The maximum Gasteiger partial charge on any atom is 0.260 e. The van der Waals surface area contributed by atoms with E-state index in [9.17, 15) is 9.18 Å². The smallest absolute Gasteiger partial charge is 0.260 e. The number of rotatable bonds is 2. The zero-order chi connectivity index (χ0) is 12.4. The zero-order valence-corrected chi connectivity index (χ0v) is 9.29. The average Bonchev–Trinajstić information content (AvgIpc) is 2.70. The van der Waals surface area contributed by atoms with Crippen molar-refractivity contribution in [3.05, 3.63) is 47.1 Å². The molecule has 0 saturated carbocycles. The van der Waals surface area contributed by atoms with Gasteiger partial charge in [0.25, 0.3) is 5.91 Å². The molecule has 3 N–H and O–H groups in total. The van der Waals surface area contributed by atoms with Crippen molar-refractivity contribution in [3.8, 4) is 0 Å². The number of benzene rings is 1. The molecule has 0 bridgehead atoms. The highest BCUT2D eigenvalue weighted by Crippen LogP contribution is 2.24. The summed E-state index contributed by atoms with van der Waals surface area (Å²) in [6.45, 7) is 0. The standard InChI is InChI=1S/C11H8ClFN2O2/c12-10-6(4-5-17-10)11(16)15-9-7(13)2-1-3-8(9)14/h1-5H,14H2,(H,15,16). The molecule has 2 rings (SSSR count). The highest BCUT2D eigenvalue weighted by molar-refractivity contribution is 6.32. The van der Waals surface area contributed by atoms with Gasteiger partial charge in [-0.3, -0.25) is 4.79 Å². The van der Waals surface area contributed by atoms with Gasteiger partial charge in [-0.2, -0.15) is 0 Å². The fraction of sp³-hybridized carbons (Fsp3) is 0. The molecular formula is C11H8ClFN2O2. The lowest BCUT2D eigenvalue weighted by Gasteiger charge is -2.07. The van der Waals surface area contributed by atoms with Crippen LogP contribution in [0.25, 0.3) is 0 Å². The van der Waals surface area contributed by atoms with Gasteiger partial charge in [-0.1, -0.05) is 6.07 Å². The second kappa shape index (κ2) is 4.47. The molecule has 0 saturated heterocycles. The number of para-hydroxylation sites is 1. The Labute approximate surface area is 101 Å². The van der Waals surface area contributed by atoms with Crippen LogP contribution in [0.1, 0.15) is 10.4 Å². The largest absolute Gasteiger partial charge is 0.452 e. The summed E-state index contributed by atoms with van der Waals surface area (Å²) in [5.41, 5.74) is 5.73. The molecule has 1 amide bonds. The molecule has 0 atom stereocenters. The van der Waals surface area contributed by atoms with Crippen molar-refractivity contribution in [2.45, 2.75) is 0 Å². The van der Waals surface area contributed by atoms with Crippen molar-refractivity contribution in [1.29, 1.82) is 0 Å². The molecule has 88 valence electrons. The van der Waals surface area contributed by atoms with Crippen molar-refractivity contribution in [2.24, 2.45) is 0 Å². The molecule has 0 aliphatic carbocycles. The Hall–Kier alpha value is -2.01. The van der Waals surface area contributed by atoms with E-state index >= 15 is 0 Å². The first-order chi connectivity index (χ1) is 8.09. The molecule has 0 spiro atoms. The molecule has 0 aliphatic rings. The number of carbonyl (C=O) groups excluding carboxylic acids is 1. The van der Waals surface area contributed by atoms with Gasteiger partial charge in [0.05, 0.1) is 17.5 Å². The number of hydrogen-bond donors (Lipinski definition) is 2. The third-order valence-electron chi connectivity index (χ3n) is 2.15. The van der Waals surface area contributed by atoms with Gasteiger partial charge in [0, 0.05) is 0 Å². The lowest BCUT2D eigenvalue weighted by molar-refractivity contribution is 0.102. The van der Waals surface area contributed by atoms with Crippen LogP contribution >= 0.6 is 11.6 Å². The Morgan fingerprint density at radius 3 is 2.76 bits per heavy atom. The highest BCUT2D eigenvalue weighted by atomic mass is 35.5. The van der Waals surface area contributed by atoms with Crippen LogP contribution in [0.4, 0.5) is 15.8 Å². The molecule has 4 nitrogen and oxygen atoms in total. The van der Waals surface area contributed by atoms with Crippen molar-refractivity contribution in [1.82, 2.24) is 0 Å². The molecule has 0 aliphatic heterocycles. The lowest BCUT2D eigenvalue weighted by atomic mass is 10.2. The number of nitrogens with one attached hydrogen (secondary N) is 1. The van der Waals surface area contributed by atoms with E-state index in [1.807, 2.05) is 0 Å². The van der Waals surface area contributed by atoms with Crippen molar-refractivity contribution in [3.63, 3.8) is 0 Å². The SMILES string of the molecule is Nc1cccc(F)c1NC(=O)c1ccoc1Cl. The first-order valence-corrected chi connectivity index (χ1v) is 5.05. The van der Waals surface area contributed by atoms with Crippen LogP contribution in [0.15, 0.2) is 34.9 Å². The number of carbonyl (C=O) groups is 1. The number of hydrogen-bond acceptors (Lipinski definition) is 3. The fourth-order valence-electron chi connectivity index (χ4n) is 1.31. The Kier molecular flexibility index (Phi) is 3.01. The molecule has 0 fully saturated rings. The molecular weight excluding hydrogens is 247 g/mol. The minimum absolute atomic E-state index is 0.0580. The highest BCUT2D eigenvalue weighted by Gasteiger charge is 2.16. The molecule has 1 aromatic heterocycles. The van der Waals surface area contributed by atoms with Gasteiger partial charge >= 0.3 is 0 Å². The Balaban J connectivity index is 2.28. The first kappa shape index (κ1) is 11.5. The quantitative estimate of drug-likeness (QED) is 0.810. The summed E-state index contributed by atoms with van der Waals surface area (Å²) in [6, 6.07) is 5.51. The molecule has 17 heavy (non-hydrogen) atoms. The second-order valence-electron chi connectivity index (χ2n) is 3.27. The van der Waals surface area contributed by atoms with Gasteiger partial charge in [-0.15, -0.1) is 0 Å².